The number of benzene rings is 3. The Morgan fingerprint density at radius 2 is 1.67 bits per heavy atom. The molecule has 1 aliphatic rings. The van der Waals surface area contributed by atoms with Crippen LogP contribution in [-0.2, 0) is 32.6 Å². The Bertz CT molecular complexity index is 1500. The van der Waals surface area contributed by atoms with Crippen LogP contribution in [0.2, 0.25) is 5.02 Å². The molecule has 1 fully saturated rings. The number of halogens is 2. The molecule has 0 spiro atoms. The van der Waals surface area contributed by atoms with Crippen molar-refractivity contribution in [1.29, 1.82) is 0 Å². The minimum absolute atomic E-state index is 0.0500. The predicted molar refractivity (Wildman–Crippen MR) is 172 cm³/mol. The van der Waals surface area contributed by atoms with Gasteiger partial charge in [-0.15, -0.1) is 0 Å². The van der Waals surface area contributed by atoms with Gasteiger partial charge in [0.25, 0.3) is 0 Å². The number of nitrogens with one attached hydrogen (secondary N) is 1. The molecule has 1 saturated carbocycles. The third-order valence-corrected chi connectivity index (χ3v) is 9.44. The first-order chi connectivity index (χ1) is 20.0. The molecule has 3 aromatic carbocycles. The number of sulfonamides is 1. The molecular formula is C32H37BrClN3O4S. The van der Waals surface area contributed by atoms with Crippen LogP contribution in [-0.4, -0.2) is 50.0 Å². The summed E-state index contributed by atoms with van der Waals surface area (Å²) < 4.78 is 28.0. The maximum atomic E-state index is 14.3. The van der Waals surface area contributed by atoms with Crippen LogP contribution in [0.15, 0.2) is 77.3 Å². The molecule has 0 aliphatic heterocycles. The SMILES string of the molecule is Cc1ccc(Cl)cc1N(CC(=O)N(Cc1cccc(Br)c1)[C@@H](Cc1ccccc1)C(=O)NC1CCCCC1)S(C)(=O)=O. The molecule has 0 unspecified atom stereocenters. The zero-order chi connectivity index (χ0) is 30.3. The Hall–Kier alpha value is -2.88. The van der Waals surface area contributed by atoms with Gasteiger partial charge in [-0.2, -0.15) is 0 Å². The van der Waals surface area contributed by atoms with E-state index in [0.29, 0.717) is 16.3 Å². The molecule has 0 radical (unpaired) electrons. The van der Waals surface area contributed by atoms with E-state index in [1.54, 1.807) is 25.1 Å². The highest BCUT2D eigenvalue weighted by molar-refractivity contribution is 9.10. The number of anilines is 1. The summed E-state index contributed by atoms with van der Waals surface area (Å²) in [4.78, 5) is 29.8. The van der Waals surface area contributed by atoms with Gasteiger partial charge in [-0.25, -0.2) is 8.42 Å². The van der Waals surface area contributed by atoms with Crippen molar-refractivity contribution in [3.8, 4) is 0 Å². The van der Waals surface area contributed by atoms with Crippen molar-refractivity contribution >= 4 is 55.1 Å². The van der Waals surface area contributed by atoms with Crippen LogP contribution in [0.4, 0.5) is 5.69 Å². The monoisotopic (exact) mass is 673 g/mol. The van der Waals surface area contributed by atoms with Crippen molar-refractivity contribution in [1.82, 2.24) is 10.2 Å². The maximum Gasteiger partial charge on any atom is 0.244 e. The average molecular weight is 675 g/mol. The fraction of sp³-hybridized carbons (Fsp3) is 0.375. The van der Waals surface area contributed by atoms with Gasteiger partial charge in [0.05, 0.1) is 11.9 Å². The number of aryl methyl sites for hydroxylation is 1. The van der Waals surface area contributed by atoms with Gasteiger partial charge in [0.1, 0.15) is 12.6 Å². The summed E-state index contributed by atoms with van der Waals surface area (Å²) in [7, 11) is -3.87. The first-order valence-corrected chi connectivity index (χ1v) is 17.2. The van der Waals surface area contributed by atoms with Crippen LogP contribution in [0.5, 0.6) is 0 Å². The van der Waals surface area contributed by atoms with E-state index in [4.69, 9.17) is 11.6 Å². The highest BCUT2D eigenvalue weighted by Gasteiger charge is 2.34. The van der Waals surface area contributed by atoms with E-state index in [2.05, 4.69) is 21.2 Å². The minimum Gasteiger partial charge on any atom is -0.352 e. The van der Waals surface area contributed by atoms with Crippen molar-refractivity contribution in [2.24, 2.45) is 0 Å². The first kappa shape index (κ1) is 32.0. The predicted octanol–water partition coefficient (Wildman–Crippen LogP) is 6.27. The summed E-state index contributed by atoms with van der Waals surface area (Å²) in [5.41, 5.74) is 2.70. The van der Waals surface area contributed by atoms with Gasteiger partial charge in [0.15, 0.2) is 0 Å². The number of amides is 2. The fourth-order valence-corrected chi connectivity index (χ4v) is 6.89. The van der Waals surface area contributed by atoms with Crippen LogP contribution in [0.1, 0.15) is 48.8 Å². The standard InChI is InChI=1S/C32H37BrClN3O4S/c1-23-16-17-27(34)20-29(23)37(42(2,40)41)22-31(38)36(21-25-12-9-13-26(33)18-25)30(19-24-10-5-3-6-11-24)32(39)35-28-14-7-4-8-15-28/h3,5-6,9-13,16-18,20,28,30H,4,7-8,14-15,19,21-22H2,1-2H3,(H,35,39)/t30-/m0/s1. The molecule has 224 valence electrons. The summed E-state index contributed by atoms with van der Waals surface area (Å²) in [5.74, 6) is -0.724. The molecule has 3 aromatic rings. The zero-order valence-corrected chi connectivity index (χ0v) is 27.1. The number of nitrogens with zero attached hydrogens (tertiary/aromatic N) is 2. The quantitative estimate of drug-likeness (QED) is 0.260. The normalized spacial score (nSPS) is 14.7. The van der Waals surface area contributed by atoms with Gasteiger partial charge in [-0.1, -0.05) is 95.3 Å². The molecular weight excluding hydrogens is 638 g/mol. The van der Waals surface area contributed by atoms with E-state index in [-0.39, 0.29) is 24.9 Å². The molecule has 0 aromatic heterocycles. The number of hydrogen-bond donors (Lipinski definition) is 1. The second-order valence-corrected chi connectivity index (χ2v) is 14.2. The number of carbonyl (C=O) groups excluding carboxylic acids is 2. The van der Waals surface area contributed by atoms with Gasteiger partial charge in [-0.05, 0) is 60.7 Å². The zero-order valence-electron chi connectivity index (χ0n) is 23.9. The van der Waals surface area contributed by atoms with Gasteiger partial charge < -0.3 is 10.2 Å². The van der Waals surface area contributed by atoms with Gasteiger partial charge >= 0.3 is 0 Å². The first-order valence-electron chi connectivity index (χ1n) is 14.1. The molecule has 7 nitrogen and oxygen atoms in total. The molecule has 0 saturated heterocycles. The number of rotatable bonds is 11. The van der Waals surface area contributed by atoms with E-state index in [0.717, 1.165) is 58.3 Å². The molecule has 4 rings (SSSR count). The molecule has 0 bridgehead atoms. The largest absolute Gasteiger partial charge is 0.352 e. The highest BCUT2D eigenvalue weighted by Crippen LogP contribution is 2.27. The summed E-state index contributed by atoms with van der Waals surface area (Å²) in [6.45, 7) is 1.42. The molecule has 2 amide bonds. The van der Waals surface area contributed by atoms with Crippen molar-refractivity contribution < 1.29 is 18.0 Å². The Kier molecular flexibility index (Phi) is 11.1. The maximum absolute atomic E-state index is 14.3. The average Bonchev–Trinajstić information content (AvgIpc) is 2.95. The summed E-state index contributed by atoms with van der Waals surface area (Å²) >= 11 is 9.74. The summed E-state index contributed by atoms with van der Waals surface area (Å²) in [6, 6.07) is 21.2. The number of carbonyl (C=O) groups is 2. The van der Waals surface area contributed by atoms with Crippen molar-refractivity contribution in [3.05, 3.63) is 99.0 Å². The van der Waals surface area contributed by atoms with Gasteiger partial charge in [0.2, 0.25) is 21.8 Å². The minimum atomic E-state index is -3.87. The lowest BCUT2D eigenvalue weighted by Gasteiger charge is -2.35. The topological polar surface area (TPSA) is 86.8 Å². The lowest BCUT2D eigenvalue weighted by molar-refractivity contribution is -0.140. The third-order valence-electron chi connectivity index (χ3n) is 7.58. The van der Waals surface area contributed by atoms with Crippen LogP contribution < -0.4 is 9.62 Å². The van der Waals surface area contributed by atoms with Crippen LogP contribution >= 0.6 is 27.5 Å². The molecule has 1 N–H and O–H groups in total. The van der Waals surface area contributed by atoms with Crippen molar-refractivity contribution in [3.63, 3.8) is 0 Å². The van der Waals surface area contributed by atoms with E-state index in [1.807, 2.05) is 54.6 Å². The van der Waals surface area contributed by atoms with Crippen LogP contribution in [0.25, 0.3) is 0 Å². The Morgan fingerprint density at radius 1 is 0.976 bits per heavy atom. The summed E-state index contributed by atoms with van der Waals surface area (Å²) in [5, 5.41) is 3.57. The highest BCUT2D eigenvalue weighted by atomic mass is 79.9. The van der Waals surface area contributed by atoms with Crippen molar-refractivity contribution in [2.75, 3.05) is 17.1 Å². The molecule has 1 atom stereocenters. The Balaban J connectivity index is 1.74. The van der Waals surface area contributed by atoms with E-state index >= 15 is 0 Å². The Labute approximate surface area is 262 Å². The molecule has 1 aliphatic carbocycles. The number of hydrogen-bond acceptors (Lipinski definition) is 4. The van der Waals surface area contributed by atoms with E-state index < -0.39 is 28.5 Å². The molecule has 0 heterocycles. The summed E-state index contributed by atoms with van der Waals surface area (Å²) in [6.07, 6.45) is 6.41. The van der Waals surface area contributed by atoms with E-state index in [1.165, 1.54) is 4.90 Å². The lowest BCUT2D eigenvalue weighted by Crippen LogP contribution is -2.55. The van der Waals surface area contributed by atoms with Crippen LogP contribution in [0, 0.1) is 6.92 Å². The van der Waals surface area contributed by atoms with Crippen molar-refractivity contribution in [2.45, 2.75) is 64.1 Å². The van der Waals surface area contributed by atoms with Gasteiger partial charge in [0, 0.05) is 28.5 Å². The fourth-order valence-electron chi connectivity index (χ4n) is 5.38. The second-order valence-electron chi connectivity index (χ2n) is 10.9. The van der Waals surface area contributed by atoms with E-state index in [9.17, 15) is 18.0 Å². The van der Waals surface area contributed by atoms with Gasteiger partial charge in [-0.3, -0.25) is 13.9 Å². The molecule has 42 heavy (non-hydrogen) atoms. The van der Waals surface area contributed by atoms with Crippen LogP contribution in [0.3, 0.4) is 0 Å². The lowest BCUT2D eigenvalue weighted by atomic mass is 9.94. The third kappa shape index (κ3) is 8.82. The molecule has 10 heteroatoms. The second kappa shape index (κ2) is 14.5. The smallest absolute Gasteiger partial charge is 0.244 e. The Morgan fingerprint density at radius 3 is 2.33 bits per heavy atom.